The van der Waals surface area contributed by atoms with E-state index in [0.29, 0.717) is 12.4 Å². The van der Waals surface area contributed by atoms with Crippen molar-refractivity contribution in [1.29, 1.82) is 0 Å². The van der Waals surface area contributed by atoms with Gasteiger partial charge in [0, 0.05) is 0 Å². The van der Waals surface area contributed by atoms with Crippen molar-refractivity contribution in [2.24, 2.45) is 5.73 Å². The van der Waals surface area contributed by atoms with Crippen LogP contribution in [0.1, 0.15) is 39.7 Å². The summed E-state index contributed by atoms with van der Waals surface area (Å²) in [6.07, 6.45) is 1.07. The minimum atomic E-state index is -0.748. The molecule has 0 saturated heterocycles. The molecule has 112 valence electrons. The second kappa shape index (κ2) is 7.29. The van der Waals surface area contributed by atoms with Gasteiger partial charge in [0.2, 0.25) is 0 Å². The van der Waals surface area contributed by atoms with E-state index < -0.39 is 12.0 Å². The van der Waals surface area contributed by atoms with Gasteiger partial charge in [0.1, 0.15) is 18.4 Å². The second-order valence-electron chi connectivity index (χ2n) is 5.43. The van der Waals surface area contributed by atoms with Crippen molar-refractivity contribution in [1.82, 2.24) is 0 Å². The van der Waals surface area contributed by atoms with Gasteiger partial charge in [-0.15, -0.1) is 0 Å². The van der Waals surface area contributed by atoms with Crippen molar-refractivity contribution in [3.8, 4) is 5.75 Å². The molecule has 1 atom stereocenters. The Morgan fingerprint density at radius 3 is 2.35 bits per heavy atom. The molecule has 0 spiro atoms. The summed E-state index contributed by atoms with van der Waals surface area (Å²) in [4.78, 5) is 11.4. The Kier molecular flexibility index (Phi) is 6.02. The van der Waals surface area contributed by atoms with Gasteiger partial charge in [-0.2, -0.15) is 0 Å². The Bertz CT molecular complexity index is 426. The molecule has 0 heterocycles. The first kappa shape index (κ1) is 16.5. The first-order valence-electron chi connectivity index (χ1n) is 7.06. The number of nitrogens with two attached hydrogens (primary N) is 1. The minimum absolute atomic E-state index is 0.120. The molecule has 1 aromatic rings. The van der Waals surface area contributed by atoms with E-state index in [9.17, 15) is 4.79 Å². The van der Waals surface area contributed by atoms with Crippen LogP contribution in [0.25, 0.3) is 0 Å². The molecule has 1 rings (SSSR count). The standard InChI is InChI=1S/C16H25NO3/c1-5-16(3,4)12-7-9-13(10-8-12)20-11-14(17)15(18)19-6-2/h7-10,14H,5-6,11,17H2,1-4H3. The van der Waals surface area contributed by atoms with E-state index in [1.807, 2.05) is 12.1 Å². The molecule has 0 amide bonds. The summed E-state index contributed by atoms with van der Waals surface area (Å²) in [5.74, 6) is 0.275. The normalized spacial score (nSPS) is 12.8. The molecule has 0 bridgehead atoms. The molecule has 0 saturated carbocycles. The SMILES string of the molecule is CCOC(=O)C(N)COc1ccc(C(C)(C)CC)cc1. The molecular formula is C16H25NO3. The van der Waals surface area contributed by atoms with Crippen LogP contribution in [0, 0.1) is 0 Å². The molecule has 20 heavy (non-hydrogen) atoms. The maximum Gasteiger partial charge on any atom is 0.326 e. The number of carbonyl (C=O) groups excluding carboxylic acids is 1. The molecule has 2 N–H and O–H groups in total. The molecule has 0 aromatic heterocycles. The van der Waals surface area contributed by atoms with Crippen LogP contribution in [-0.2, 0) is 14.9 Å². The van der Waals surface area contributed by atoms with E-state index in [0.717, 1.165) is 6.42 Å². The van der Waals surface area contributed by atoms with E-state index in [-0.39, 0.29) is 12.0 Å². The van der Waals surface area contributed by atoms with Crippen LogP contribution in [0.4, 0.5) is 0 Å². The Balaban J connectivity index is 2.56. The van der Waals surface area contributed by atoms with Crippen LogP contribution >= 0.6 is 0 Å². The predicted molar refractivity (Wildman–Crippen MR) is 79.9 cm³/mol. The van der Waals surface area contributed by atoms with E-state index >= 15 is 0 Å². The van der Waals surface area contributed by atoms with Crippen molar-refractivity contribution in [2.75, 3.05) is 13.2 Å². The third-order valence-corrected chi connectivity index (χ3v) is 3.54. The molecule has 0 radical (unpaired) electrons. The van der Waals surface area contributed by atoms with Gasteiger partial charge in [0.15, 0.2) is 0 Å². The smallest absolute Gasteiger partial charge is 0.326 e. The van der Waals surface area contributed by atoms with Gasteiger partial charge in [0.25, 0.3) is 0 Å². The summed E-state index contributed by atoms with van der Waals surface area (Å²) in [6, 6.07) is 7.17. The highest BCUT2D eigenvalue weighted by Gasteiger charge is 2.18. The maximum atomic E-state index is 11.4. The number of esters is 1. The lowest BCUT2D eigenvalue weighted by Crippen LogP contribution is -2.37. The number of benzene rings is 1. The zero-order chi connectivity index (χ0) is 15.2. The number of carbonyl (C=O) groups is 1. The highest BCUT2D eigenvalue weighted by atomic mass is 16.5. The van der Waals surface area contributed by atoms with Gasteiger partial charge in [-0.05, 0) is 36.5 Å². The molecular weight excluding hydrogens is 254 g/mol. The van der Waals surface area contributed by atoms with Gasteiger partial charge in [-0.3, -0.25) is 4.79 Å². The fraction of sp³-hybridized carbons (Fsp3) is 0.562. The minimum Gasteiger partial charge on any atom is -0.491 e. The molecule has 0 aliphatic heterocycles. The molecule has 0 aliphatic carbocycles. The largest absolute Gasteiger partial charge is 0.491 e. The highest BCUT2D eigenvalue weighted by molar-refractivity contribution is 5.75. The fourth-order valence-electron chi connectivity index (χ4n) is 1.71. The number of ether oxygens (including phenoxy) is 2. The average molecular weight is 279 g/mol. The van der Waals surface area contributed by atoms with Gasteiger partial charge < -0.3 is 15.2 Å². The van der Waals surface area contributed by atoms with Gasteiger partial charge in [-0.25, -0.2) is 0 Å². The van der Waals surface area contributed by atoms with Crippen molar-refractivity contribution < 1.29 is 14.3 Å². The van der Waals surface area contributed by atoms with Crippen molar-refractivity contribution in [3.05, 3.63) is 29.8 Å². The summed E-state index contributed by atoms with van der Waals surface area (Å²) >= 11 is 0. The van der Waals surface area contributed by atoms with Gasteiger partial charge in [-0.1, -0.05) is 32.9 Å². The molecule has 1 unspecified atom stereocenters. The van der Waals surface area contributed by atoms with Crippen LogP contribution in [0.15, 0.2) is 24.3 Å². The Morgan fingerprint density at radius 2 is 1.85 bits per heavy atom. The zero-order valence-corrected chi connectivity index (χ0v) is 12.8. The van der Waals surface area contributed by atoms with E-state index in [1.165, 1.54) is 5.56 Å². The third kappa shape index (κ3) is 4.53. The Hall–Kier alpha value is -1.55. The van der Waals surface area contributed by atoms with Crippen molar-refractivity contribution in [2.45, 2.75) is 45.6 Å². The molecule has 4 nitrogen and oxygen atoms in total. The molecule has 0 fully saturated rings. The summed E-state index contributed by atoms with van der Waals surface area (Å²) in [7, 11) is 0. The summed E-state index contributed by atoms with van der Waals surface area (Å²) < 4.78 is 10.3. The average Bonchev–Trinajstić information content (AvgIpc) is 2.45. The predicted octanol–water partition coefficient (Wildman–Crippen LogP) is 2.64. The van der Waals surface area contributed by atoms with E-state index in [1.54, 1.807) is 6.92 Å². The van der Waals surface area contributed by atoms with Gasteiger partial charge in [0.05, 0.1) is 6.61 Å². The summed E-state index contributed by atoms with van der Waals surface area (Å²) in [5.41, 5.74) is 7.09. The molecule has 0 aliphatic rings. The maximum absolute atomic E-state index is 11.4. The van der Waals surface area contributed by atoms with Crippen LogP contribution in [0.2, 0.25) is 0 Å². The Morgan fingerprint density at radius 1 is 1.25 bits per heavy atom. The quantitative estimate of drug-likeness (QED) is 0.779. The first-order chi connectivity index (χ1) is 9.40. The summed E-state index contributed by atoms with van der Waals surface area (Å²) in [5, 5.41) is 0. The van der Waals surface area contributed by atoms with Crippen LogP contribution < -0.4 is 10.5 Å². The topological polar surface area (TPSA) is 61.5 Å². The third-order valence-electron chi connectivity index (χ3n) is 3.54. The lowest BCUT2D eigenvalue weighted by Gasteiger charge is -2.23. The van der Waals surface area contributed by atoms with Crippen LogP contribution in [-0.4, -0.2) is 25.2 Å². The van der Waals surface area contributed by atoms with Gasteiger partial charge >= 0.3 is 5.97 Å². The number of hydrogen-bond acceptors (Lipinski definition) is 4. The summed E-state index contributed by atoms with van der Waals surface area (Å²) in [6.45, 7) is 8.78. The van der Waals surface area contributed by atoms with Crippen molar-refractivity contribution >= 4 is 5.97 Å². The zero-order valence-electron chi connectivity index (χ0n) is 12.8. The highest BCUT2D eigenvalue weighted by Crippen LogP contribution is 2.27. The lowest BCUT2D eigenvalue weighted by atomic mass is 9.82. The van der Waals surface area contributed by atoms with E-state index in [4.69, 9.17) is 15.2 Å². The molecule has 4 heteroatoms. The number of rotatable bonds is 7. The van der Waals surface area contributed by atoms with E-state index in [2.05, 4.69) is 32.9 Å². The molecule has 1 aromatic carbocycles. The Labute approximate surface area is 121 Å². The van der Waals surface area contributed by atoms with Crippen LogP contribution in [0.3, 0.4) is 0 Å². The fourth-order valence-corrected chi connectivity index (χ4v) is 1.71. The number of hydrogen-bond donors (Lipinski definition) is 1. The van der Waals surface area contributed by atoms with Crippen molar-refractivity contribution in [3.63, 3.8) is 0 Å². The monoisotopic (exact) mass is 279 g/mol. The lowest BCUT2D eigenvalue weighted by molar-refractivity contribution is -0.145. The van der Waals surface area contributed by atoms with Crippen LogP contribution in [0.5, 0.6) is 5.75 Å². The first-order valence-corrected chi connectivity index (χ1v) is 7.06. The second-order valence-corrected chi connectivity index (χ2v) is 5.43.